The van der Waals surface area contributed by atoms with Crippen molar-refractivity contribution in [3.63, 3.8) is 0 Å². The van der Waals surface area contributed by atoms with Gasteiger partial charge in [0, 0.05) is 26.2 Å². The Morgan fingerprint density at radius 3 is 2.52 bits per heavy atom. The van der Waals surface area contributed by atoms with Crippen LogP contribution in [0.2, 0.25) is 0 Å². The van der Waals surface area contributed by atoms with E-state index in [9.17, 15) is 4.79 Å². The molecule has 2 aliphatic heterocycles. The highest BCUT2D eigenvalue weighted by Crippen LogP contribution is 2.16. The van der Waals surface area contributed by atoms with Gasteiger partial charge in [-0.3, -0.25) is 19.3 Å². The molecular formula is C21H37N5O. The lowest BCUT2D eigenvalue weighted by Crippen LogP contribution is -2.45. The van der Waals surface area contributed by atoms with Gasteiger partial charge in [0.25, 0.3) is 0 Å². The molecule has 0 saturated carbocycles. The number of carbonyl (C=O) groups excluding carboxylic acids is 1. The number of amides is 1. The highest BCUT2D eigenvalue weighted by molar-refractivity contribution is 5.81. The highest BCUT2D eigenvalue weighted by Gasteiger charge is 2.22. The van der Waals surface area contributed by atoms with Crippen LogP contribution in [0.3, 0.4) is 0 Å². The molecule has 0 unspecified atom stereocenters. The SMILES string of the molecule is CC(C)CN1CCCn2nc(CNC(=O)[C@H](C)N3CCCCCC3)cc2C1. The van der Waals surface area contributed by atoms with Gasteiger partial charge in [-0.2, -0.15) is 5.10 Å². The molecule has 1 fully saturated rings. The Morgan fingerprint density at radius 2 is 1.81 bits per heavy atom. The van der Waals surface area contributed by atoms with Gasteiger partial charge >= 0.3 is 0 Å². The summed E-state index contributed by atoms with van der Waals surface area (Å²) in [5, 5.41) is 7.86. The van der Waals surface area contributed by atoms with Crippen LogP contribution < -0.4 is 5.32 Å². The molecule has 1 aromatic heterocycles. The van der Waals surface area contributed by atoms with E-state index in [4.69, 9.17) is 5.10 Å². The van der Waals surface area contributed by atoms with Crippen LogP contribution in [-0.2, 0) is 24.4 Å². The van der Waals surface area contributed by atoms with Crippen molar-refractivity contribution in [3.8, 4) is 0 Å². The second-order valence-corrected chi connectivity index (χ2v) is 8.68. The number of rotatable bonds is 6. The molecule has 3 rings (SSSR count). The van der Waals surface area contributed by atoms with E-state index in [-0.39, 0.29) is 11.9 Å². The fourth-order valence-corrected chi connectivity index (χ4v) is 4.32. The zero-order chi connectivity index (χ0) is 19.2. The van der Waals surface area contributed by atoms with Crippen LogP contribution in [0.1, 0.15) is 64.3 Å². The molecule has 3 heterocycles. The van der Waals surface area contributed by atoms with Crippen molar-refractivity contribution >= 4 is 5.91 Å². The first-order chi connectivity index (χ1) is 13.0. The number of carbonyl (C=O) groups is 1. The summed E-state index contributed by atoms with van der Waals surface area (Å²) in [6.45, 7) is 13.4. The quantitative estimate of drug-likeness (QED) is 0.830. The van der Waals surface area contributed by atoms with E-state index in [1.165, 1.54) is 31.4 Å². The van der Waals surface area contributed by atoms with Crippen molar-refractivity contribution < 1.29 is 4.79 Å². The molecule has 1 saturated heterocycles. The van der Waals surface area contributed by atoms with Crippen LogP contribution in [0, 0.1) is 5.92 Å². The van der Waals surface area contributed by atoms with E-state index in [1.54, 1.807) is 0 Å². The van der Waals surface area contributed by atoms with Crippen molar-refractivity contribution in [3.05, 3.63) is 17.5 Å². The van der Waals surface area contributed by atoms with E-state index < -0.39 is 0 Å². The number of fused-ring (bicyclic) bond motifs is 1. The summed E-state index contributed by atoms with van der Waals surface area (Å²) in [6, 6.07) is 2.13. The van der Waals surface area contributed by atoms with Gasteiger partial charge in [0.1, 0.15) is 0 Å². The van der Waals surface area contributed by atoms with Crippen LogP contribution in [0.5, 0.6) is 0 Å². The number of likely N-dealkylation sites (tertiary alicyclic amines) is 1. The minimum absolute atomic E-state index is 0.0509. The number of nitrogens with zero attached hydrogens (tertiary/aromatic N) is 4. The highest BCUT2D eigenvalue weighted by atomic mass is 16.2. The lowest BCUT2D eigenvalue weighted by Gasteiger charge is -2.26. The maximum atomic E-state index is 12.6. The normalized spacial score (nSPS) is 20.7. The Hall–Kier alpha value is -1.40. The van der Waals surface area contributed by atoms with E-state index in [2.05, 4.69) is 39.7 Å². The fourth-order valence-electron chi connectivity index (χ4n) is 4.32. The Bertz CT molecular complexity index is 604. The molecule has 1 amide bonds. The third-order valence-electron chi connectivity index (χ3n) is 5.78. The average Bonchev–Trinajstić information content (AvgIpc) is 2.82. The zero-order valence-corrected chi connectivity index (χ0v) is 17.4. The Morgan fingerprint density at radius 1 is 1.07 bits per heavy atom. The number of nitrogens with one attached hydrogen (secondary N) is 1. The molecule has 0 radical (unpaired) electrons. The minimum atomic E-state index is -0.0509. The maximum Gasteiger partial charge on any atom is 0.237 e. The molecule has 27 heavy (non-hydrogen) atoms. The fraction of sp³-hybridized carbons (Fsp3) is 0.810. The molecule has 0 aromatic carbocycles. The molecule has 1 aromatic rings. The first-order valence-corrected chi connectivity index (χ1v) is 10.8. The van der Waals surface area contributed by atoms with Crippen molar-refractivity contribution in [2.24, 2.45) is 5.92 Å². The van der Waals surface area contributed by atoms with Crippen molar-refractivity contribution in [1.29, 1.82) is 0 Å². The zero-order valence-electron chi connectivity index (χ0n) is 17.4. The first kappa shape index (κ1) is 20.3. The molecule has 2 aliphatic rings. The van der Waals surface area contributed by atoms with Crippen LogP contribution in [0.4, 0.5) is 0 Å². The summed E-state index contributed by atoms with van der Waals surface area (Å²) in [5.74, 6) is 0.806. The van der Waals surface area contributed by atoms with Gasteiger partial charge in [-0.05, 0) is 51.3 Å². The van der Waals surface area contributed by atoms with Gasteiger partial charge in [-0.15, -0.1) is 0 Å². The molecule has 0 spiro atoms. The van der Waals surface area contributed by atoms with Crippen LogP contribution in [0.15, 0.2) is 6.07 Å². The summed E-state index contributed by atoms with van der Waals surface area (Å²) >= 11 is 0. The van der Waals surface area contributed by atoms with Gasteiger partial charge in [0.2, 0.25) is 5.91 Å². The van der Waals surface area contributed by atoms with Gasteiger partial charge in [-0.25, -0.2) is 0 Å². The van der Waals surface area contributed by atoms with Gasteiger partial charge in [0.05, 0.1) is 24.0 Å². The second-order valence-electron chi connectivity index (χ2n) is 8.68. The number of hydrogen-bond donors (Lipinski definition) is 1. The Kier molecular flexibility index (Phi) is 7.30. The molecule has 1 N–H and O–H groups in total. The third kappa shape index (κ3) is 5.79. The van der Waals surface area contributed by atoms with E-state index >= 15 is 0 Å². The average molecular weight is 376 g/mol. The van der Waals surface area contributed by atoms with Gasteiger partial charge in [-0.1, -0.05) is 26.7 Å². The number of aryl methyl sites for hydroxylation is 1. The largest absolute Gasteiger partial charge is 0.349 e. The van der Waals surface area contributed by atoms with Crippen LogP contribution >= 0.6 is 0 Å². The lowest BCUT2D eigenvalue weighted by atomic mass is 10.2. The standard InChI is InChI=1S/C21H37N5O/c1-17(2)15-24-9-8-12-26-20(16-24)13-19(23-26)14-22-21(27)18(3)25-10-6-4-5-7-11-25/h13,17-18H,4-12,14-16H2,1-3H3,(H,22,27)/t18-/m0/s1. The molecule has 0 aliphatic carbocycles. The Balaban J connectivity index is 1.53. The summed E-state index contributed by atoms with van der Waals surface area (Å²) in [5.41, 5.74) is 2.26. The van der Waals surface area contributed by atoms with Gasteiger partial charge in [0.15, 0.2) is 0 Å². The Labute approximate surface area is 164 Å². The predicted molar refractivity (Wildman–Crippen MR) is 108 cm³/mol. The summed E-state index contributed by atoms with van der Waals surface area (Å²) in [7, 11) is 0. The predicted octanol–water partition coefficient (Wildman–Crippen LogP) is 2.63. The smallest absolute Gasteiger partial charge is 0.237 e. The summed E-state index contributed by atoms with van der Waals surface area (Å²) in [6.07, 6.45) is 6.13. The topological polar surface area (TPSA) is 53.4 Å². The third-order valence-corrected chi connectivity index (χ3v) is 5.78. The van der Waals surface area contributed by atoms with E-state index in [1.807, 2.05) is 6.92 Å². The first-order valence-electron chi connectivity index (χ1n) is 10.8. The second kappa shape index (κ2) is 9.69. The molecule has 152 valence electrons. The molecule has 6 nitrogen and oxygen atoms in total. The van der Waals surface area contributed by atoms with Crippen molar-refractivity contribution in [2.75, 3.05) is 26.2 Å². The van der Waals surface area contributed by atoms with Crippen molar-refractivity contribution in [2.45, 2.75) is 78.6 Å². The molecule has 6 heteroatoms. The number of aromatic nitrogens is 2. The summed E-state index contributed by atoms with van der Waals surface area (Å²) in [4.78, 5) is 17.5. The van der Waals surface area contributed by atoms with Crippen LogP contribution in [0.25, 0.3) is 0 Å². The van der Waals surface area contributed by atoms with Crippen molar-refractivity contribution in [1.82, 2.24) is 24.9 Å². The van der Waals surface area contributed by atoms with Gasteiger partial charge < -0.3 is 5.32 Å². The van der Waals surface area contributed by atoms with E-state index in [0.29, 0.717) is 12.5 Å². The summed E-state index contributed by atoms with van der Waals surface area (Å²) < 4.78 is 2.14. The number of hydrogen-bond acceptors (Lipinski definition) is 4. The monoisotopic (exact) mass is 375 g/mol. The van der Waals surface area contributed by atoms with Crippen LogP contribution in [-0.4, -0.2) is 57.7 Å². The lowest BCUT2D eigenvalue weighted by molar-refractivity contribution is -0.126. The molecule has 0 bridgehead atoms. The maximum absolute atomic E-state index is 12.6. The molecular weight excluding hydrogens is 338 g/mol. The minimum Gasteiger partial charge on any atom is -0.349 e. The van der Waals surface area contributed by atoms with E-state index in [0.717, 1.165) is 51.4 Å². The molecule has 1 atom stereocenters.